The lowest BCUT2D eigenvalue weighted by Crippen LogP contribution is -2.24. The number of aryl methyl sites for hydroxylation is 1. The molecule has 4 rings (SSSR count). The van der Waals surface area contributed by atoms with E-state index in [-0.39, 0.29) is 17.7 Å². The van der Waals surface area contributed by atoms with E-state index < -0.39 is 0 Å². The number of nitrogens with zero attached hydrogens (tertiary/aromatic N) is 3. The number of anilines is 2. The van der Waals surface area contributed by atoms with Crippen LogP contribution in [0.4, 0.5) is 11.4 Å². The molecule has 0 unspecified atom stereocenters. The molecule has 1 fully saturated rings. The highest BCUT2D eigenvalue weighted by Gasteiger charge is 2.21. The molecule has 1 aromatic heterocycles. The van der Waals surface area contributed by atoms with Gasteiger partial charge in [-0.25, -0.2) is 0 Å². The van der Waals surface area contributed by atoms with Gasteiger partial charge < -0.3 is 15.2 Å². The van der Waals surface area contributed by atoms with Gasteiger partial charge in [0.2, 0.25) is 5.91 Å². The third-order valence-electron chi connectivity index (χ3n) is 5.43. The summed E-state index contributed by atoms with van der Waals surface area (Å²) in [5.41, 5.74) is 1.67. The molecule has 1 aliphatic carbocycles. The van der Waals surface area contributed by atoms with Crippen LogP contribution < -0.4 is 10.6 Å². The maximum Gasteiger partial charge on any atom is 0.255 e. The quantitative estimate of drug-likeness (QED) is 0.505. The van der Waals surface area contributed by atoms with Crippen molar-refractivity contribution in [3.8, 4) is 0 Å². The van der Waals surface area contributed by atoms with E-state index in [1.807, 2.05) is 13.1 Å². The summed E-state index contributed by atoms with van der Waals surface area (Å²) in [6.45, 7) is 0. The van der Waals surface area contributed by atoms with Crippen LogP contribution in [0.15, 0.2) is 58.8 Å². The van der Waals surface area contributed by atoms with Crippen LogP contribution in [0.2, 0.25) is 5.02 Å². The van der Waals surface area contributed by atoms with Gasteiger partial charge in [-0.15, -0.1) is 10.2 Å². The molecule has 1 heterocycles. The second-order valence-corrected chi connectivity index (χ2v) is 9.25. The molecule has 3 aromatic rings. The molecule has 2 N–H and O–H groups in total. The van der Waals surface area contributed by atoms with E-state index in [0.29, 0.717) is 22.0 Å². The van der Waals surface area contributed by atoms with Crippen LogP contribution >= 0.6 is 23.4 Å². The first-order chi connectivity index (χ1) is 15.5. The van der Waals surface area contributed by atoms with Crippen molar-refractivity contribution in [2.75, 3.05) is 10.6 Å². The second-order valence-electron chi connectivity index (χ2n) is 7.83. The van der Waals surface area contributed by atoms with Gasteiger partial charge in [-0.05, 0) is 61.0 Å². The Bertz CT molecular complexity index is 1130. The topological polar surface area (TPSA) is 88.9 Å². The van der Waals surface area contributed by atoms with Crippen molar-refractivity contribution in [3.63, 3.8) is 0 Å². The average molecular weight is 470 g/mol. The predicted molar refractivity (Wildman–Crippen MR) is 126 cm³/mol. The van der Waals surface area contributed by atoms with Gasteiger partial charge in [0.05, 0.1) is 5.02 Å². The number of rotatable bonds is 6. The Morgan fingerprint density at radius 3 is 2.56 bits per heavy atom. The minimum atomic E-state index is -0.275. The van der Waals surface area contributed by atoms with Crippen LogP contribution in [-0.2, 0) is 11.8 Å². The Labute approximate surface area is 196 Å². The number of aromatic nitrogens is 3. The fraction of sp³-hybridized carbons (Fsp3) is 0.304. The number of hydrogen-bond donors (Lipinski definition) is 2. The normalized spacial score (nSPS) is 14.2. The molecule has 2 aromatic carbocycles. The zero-order chi connectivity index (χ0) is 22.5. The minimum absolute atomic E-state index is 0.0324. The highest BCUT2D eigenvalue weighted by molar-refractivity contribution is 7.99. The van der Waals surface area contributed by atoms with Crippen LogP contribution in [-0.4, -0.2) is 26.6 Å². The second kappa shape index (κ2) is 10.2. The molecule has 166 valence electrons. The van der Waals surface area contributed by atoms with Gasteiger partial charge in [0.25, 0.3) is 5.91 Å². The summed E-state index contributed by atoms with van der Waals surface area (Å²) < 4.78 is 1.80. The highest BCUT2D eigenvalue weighted by atomic mass is 35.5. The van der Waals surface area contributed by atoms with Crippen molar-refractivity contribution in [2.24, 2.45) is 13.0 Å². The molecular weight excluding hydrogens is 446 g/mol. The lowest BCUT2D eigenvalue weighted by atomic mass is 9.88. The molecule has 0 aliphatic heterocycles. The number of hydrogen-bond acceptors (Lipinski definition) is 5. The third kappa shape index (κ3) is 5.49. The first-order valence-corrected chi connectivity index (χ1v) is 11.7. The van der Waals surface area contributed by atoms with Crippen molar-refractivity contribution in [2.45, 2.75) is 42.2 Å². The molecule has 2 amide bonds. The van der Waals surface area contributed by atoms with E-state index in [1.54, 1.807) is 47.3 Å². The number of halogens is 1. The van der Waals surface area contributed by atoms with Crippen LogP contribution in [0, 0.1) is 5.92 Å². The summed E-state index contributed by atoms with van der Waals surface area (Å²) in [5.74, 6) is -0.185. The number of amides is 2. The molecule has 0 atom stereocenters. The van der Waals surface area contributed by atoms with Crippen molar-refractivity contribution in [1.82, 2.24) is 14.8 Å². The van der Waals surface area contributed by atoms with E-state index in [0.717, 1.165) is 35.7 Å². The Hall–Kier alpha value is -2.84. The molecule has 0 saturated heterocycles. The van der Waals surface area contributed by atoms with E-state index in [1.165, 1.54) is 18.2 Å². The molecule has 7 nitrogen and oxygen atoms in total. The molecule has 1 aliphatic rings. The number of benzene rings is 2. The van der Waals surface area contributed by atoms with Gasteiger partial charge in [0.15, 0.2) is 5.16 Å². The molecule has 0 bridgehead atoms. The number of carbonyl (C=O) groups excluding carboxylic acids is 2. The molecule has 0 radical (unpaired) electrons. The predicted octanol–water partition coefficient (Wildman–Crippen LogP) is 5.39. The summed E-state index contributed by atoms with van der Waals surface area (Å²) in [7, 11) is 1.86. The average Bonchev–Trinajstić information content (AvgIpc) is 3.20. The summed E-state index contributed by atoms with van der Waals surface area (Å²) in [6, 6.07) is 12.3. The summed E-state index contributed by atoms with van der Waals surface area (Å²) in [4.78, 5) is 26.1. The molecule has 9 heteroatoms. The van der Waals surface area contributed by atoms with E-state index in [9.17, 15) is 9.59 Å². The van der Waals surface area contributed by atoms with Gasteiger partial charge in [0.1, 0.15) is 6.33 Å². The Kier molecular flexibility index (Phi) is 7.12. The summed E-state index contributed by atoms with van der Waals surface area (Å²) in [6.07, 6.45) is 6.87. The van der Waals surface area contributed by atoms with E-state index in [2.05, 4.69) is 20.8 Å². The van der Waals surface area contributed by atoms with Crippen molar-refractivity contribution < 1.29 is 9.59 Å². The maximum absolute atomic E-state index is 12.8. The number of nitrogens with one attached hydrogen (secondary N) is 2. The SMILES string of the molecule is Cn1cnnc1Sc1ccc(NC(=O)c2cccc(NC(=O)C3CCCCC3)c2)cc1Cl. The van der Waals surface area contributed by atoms with Crippen LogP contribution in [0.25, 0.3) is 0 Å². The summed E-state index contributed by atoms with van der Waals surface area (Å²) >= 11 is 7.80. The Morgan fingerprint density at radius 1 is 1.06 bits per heavy atom. The molecule has 1 saturated carbocycles. The lowest BCUT2D eigenvalue weighted by molar-refractivity contribution is -0.120. The van der Waals surface area contributed by atoms with Crippen LogP contribution in [0.3, 0.4) is 0 Å². The van der Waals surface area contributed by atoms with Gasteiger partial charge in [0, 0.05) is 34.8 Å². The van der Waals surface area contributed by atoms with Crippen molar-refractivity contribution in [3.05, 3.63) is 59.4 Å². The third-order valence-corrected chi connectivity index (χ3v) is 6.98. The first kappa shape index (κ1) is 22.4. The summed E-state index contributed by atoms with van der Waals surface area (Å²) in [5, 5.41) is 14.9. The smallest absolute Gasteiger partial charge is 0.255 e. The van der Waals surface area contributed by atoms with Gasteiger partial charge in [-0.2, -0.15) is 0 Å². The zero-order valence-electron chi connectivity index (χ0n) is 17.7. The van der Waals surface area contributed by atoms with Crippen molar-refractivity contribution in [1.29, 1.82) is 0 Å². The standard InChI is InChI=1S/C23H24ClN5O2S/c1-29-14-25-28-23(29)32-20-11-10-18(13-19(20)24)27-22(31)16-8-5-9-17(12-16)26-21(30)15-6-3-2-4-7-15/h5,8-15H,2-4,6-7H2,1H3,(H,26,30)(H,27,31). The Balaban J connectivity index is 1.40. The minimum Gasteiger partial charge on any atom is -0.326 e. The fourth-order valence-electron chi connectivity index (χ4n) is 3.68. The van der Waals surface area contributed by atoms with E-state index >= 15 is 0 Å². The Morgan fingerprint density at radius 2 is 1.84 bits per heavy atom. The lowest BCUT2D eigenvalue weighted by Gasteiger charge is -2.20. The van der Waals surface area contributed by atoms with E-state index in [4.69, 9.17) is 11.6 Å². The molecular formula is C23H24ClN5O2S. The zero-order valence-corrected chi connectivity index (χ0v) is 19.2. The van der Waals surface area contributed by atoms with Gasteiger partial charge in [-0.3, -0.25) is 9.59 Å². The van der Waals surface area contributed by atoms with Gasteiger partial charge >= 0.3 is 0 Å². The highest BCUT2D eigenvalue weighted by Crippen LogP contribution is 2.33. The van der Waals surface area contributed by atoms with Crippen LogP contribution in [0.1, 0.15) is 42.5 Å². The monoisotopic (exact) mass is 469 g/mol. The maximum atomic E-state index is 12.8. The van der Waals surface area contributed by atoms with Gasteiger partial charge in [-0.1, -0.05) is 36.9 Å². The first-order valence-electron chi connectivity index (χ1n) is 10.5. The number of carbonyl (C=O) groups is 2. The fourth-order valence-corrected chi connectivity index (χ4v) is 4.74. The molecule has 0 spiro atoms. The van der Waals surface area contributed by atoms with Crippen molar-refractivity contribution >= 4 is 46.6 Å². The largest absolute Gasteiger partial charge is 0.326 e. The van der Waals surface area contributed by atoms with Crippen LogP contribution in [0.5, 0.6) is 0 Å². The molecule has 32 heavy (non-hydrogen) atoms.